The van der Waals surface area contributed by atoms with Crippen LogP contribution in [0, 0.1) is 10.1 Å². The fourth-order valence-electron chi connectivity index (χ4n) is 2.15. The van der Waals surface area contributed by atoms with Gasteiger partial charge in [-0.1, -0.05) is 13.8 Å². The van der Waals surface area contributed by atoms with E-state index in [1.165, 1.54) is 24.3 Å². The van der Waals surface area contributed by atoms with Gasteiger partial charge in [-0.2, -0.15) is 0 Å². The molecule has 0 aliphatic carbocycles. The molecule has 162 valence electrons. The number of benzene rings is 2. The number of ketones is 2. The standard InChI is InChI=1S/C11H13NO4.C11H15NO2/c1-2-10(13)7-8-16-11-5-3-9(4-6-11)12(14)15;1-2-10(13)7-8-14-11-5-3-9(12)4-6-11/h3-6H,2,7-8H2,1H3;3-6H,2,7-8,12H2,1H3. The first-order chi connectivity index (χ1) is 14.3. The van der Waals surface area contributed by atoms with Crippen molar-refractivity contribution < 1.29 is 24.0 Å². The predicted octanol–water partition coefficient (Wildman–Crippen LogP) is 4.36. The highest BCUT2D eigenvalue weighted by atomic mass is 16.6. The maximum absolute atomic E-state index is 11.0. The molecule has 2 N–H and O–H groups in total. The van der Waals surface area contributed by atoms with Gasteiger partial charge in [-0.15, -0.1) is 0 Å². The smallest absolute Gasteiger partial charge is 0.269 e. The number of nitrogen functional groups attached to an aromatic ring is 1. The highest BCUT2D eigenvalue weighted by Gasteiger charge is 2.05. The largest absolute Gasteiger partial charge is 0.493 e. The van der Waals surface area contributed by atoms with Crippen LogP contribution in [0.4, 0.5) is 11.4 Å². The lowest BCUT2D eigenvalue weighted by atomic mass is 10.2. The van der Waals surface area contributed by atoms with Crippen molar-refractivity contribution in [1.29, 1.82) is 0 Å². The molecule has 0 amide bonds. The molecule has 0 radical (unpaired) electrons. The normalized spacial score (nSPS) is 9.80. The first-order valence-electron chi connectivity index (χ1n) is 9.74. The third-order valence-electron chi connectivity index (χ3n) is 4.02. The van der Waals surface area contributed by atoms with Gasteiger partial charge in [0.05, 0.1) is 18.1 Å². The Kier molecular flexibility index (Phi) is 11.2. The van der Waals surface area contributed by atoms with E-state index in [9.17, 15) is 19.7 Å². The number of ether oxygens (including phenoxy) is 2. The van der Waals surface area contributed by atoms with Crippen LogP contribution >= 0.6 is 0 Å². The van der Waals surface area contributed by atoms with Crippen molar-refractivity contribution in [2.45, 2.75) is 39.5 Å². The summed E-state index contributed by atoms with van der Waals surface area (Å²) in [5.41, 5.74) is 6.25. The molecule has 8 heteroatoms. The molecular formula is C22H28N2O6. The minimum atomic E-state index is -0.468. The number of nitro groups is 1. The van der Waals surface area contributed by atoms with Crippen LogP contribution < -0.4 is 15.2 Å². The lowest BCUT2D eigenvalue weighted by Crippen LogP contribution is -2.04. The van der Waals surface area contributed by atoms with E-state index in [4.69, 9.17) is 15.2 Å². The van der Waals surface area contributed by atoms with Crippen molar-refractivity contribution >= 4 is 22.9 Å². The van der Waals surface area contributed by atoms with Crippen molar-refractivity contribution in [2.75, 3.05) is 18.9 Å². The summed E-state index contributed by atoms with van der Waals surface area (Å²) in [5, 5.41) is 10.4. The Morgan fingerprint density at radius 3 is 1.60 bits per heavy atom. The molecule has 0 atom stereocenters. The summed E-state index contributed by atoms with van der Waals surface area (Å²) in [4.78, 5) is 31.8. The van der Waals surface area contributed by atoms with Crippen LogP contribution in [0.1, 0.15) is 39.5 Å². The predicted molar refractivity (Wildman–Crippen MR) is 115 cm³/mol. The number of anilines is 1. The van der Waals surface area contributed by atoms with E-state index in [1.807, 2.05) is 6.92 Å². The summed E-state index contributed by atoms with van der Waals surface area (Å²) < 4.78 is 10.6. The molecule has 0 aliphatic rings. The zero-order chi connectivity index (χ0) is 22.4. The van der Waals surface area contributed by atoms with E-state index in [1.54, 1.807) is 31.2 Å². The lowest BCUT2D eigenvalue weighted by molar-refractivity contribution is -0.384. The highest BCUT2D eigenvalue weighted by Crippen LogP contribution is 2.17. The molecule has 0 aromatic heterocycles. The molecule has 2 rings (SSSR count). The van der Waals surface area contributed by atoms with Crippen LogP contribution in [0.2, 0.25) is 0 Å². The molecule has 0 unspecified atom stereocenters. The monoisotopic (exact) mass is 416 g/mol. The second-order valence-corrected chi connectivity index (χ2v) is 6.30. The van der Waals surface area contributed by atoms with Gasteiger partial charge in [-0.25, -0.2) is 0 Å². The van der Waals surface area contributed by atoms with Gasteiger partial charge in [0.15, 0.2) is 0 Å². The van der Waals surface area contributed by atoms with Crippen LogP contribution in [-0.4, -0.2) is 29.7 Å². The Labute approximate surface area is 176 Å². The maximum Gasteiger partial charge on any atom is 0.269 e. The Balaban J connectivity index is 0.000000303. The Bertz CT molecular complexity index is 803. The molecule has 0 saturated heterocycles. The Hall–Kier alpha value is -3.42. The van der Waals surface area contributed by atoms with E-state index in [-0.39, 0.29) is 17.3 Å². The van der Waals surface area contributed by atoms with Gasteiger partial charge in [-0.05, 0) is 36.4 Å². The Morgan fingerprint density at radius 1 is 0.833 bits per heavy atom. The van der Waals surface area contributed by atoms with E-state index >= 15 is 0 Å². The maximum atomic E-state index is 11.0. The quantitative estimate of drug-likeness (QED) is 0.328. The zero-order valence-electron chi connectivity index (χ0n) is 17.3. The van der Waals surface area contributed by atoms with Crippen molar-refractivity contribution in [3.8, 4) is 11.5 Å². The molecule has 2 aromatic rings. The number of rotatable bonds is 11. The molecule has 0 aliphatic heterocycles. The fraction of sp³-hybridized carbons (Fsp3) is 0.364. The molecule has 8 nitrogen and oxygen atoms in total. The molecule has 0 spiro atoms. The van der Waals surface area contributed by atoms with Gasteiger partial charge in [0.25, 0.3) is 5.69 Å². The van der Waals surface area contributed by atoms with Gasteiger partial charge in [0.1, 0.15) is 23.1 Å². The number of nitrogens with zero attached hydrogens (tertiary/aromatic N) is 1. The van der Waals surface area contributed by atoms with Gasteiger partial charge >= 0.3 is 0 Å². The molecule has 0 bridgehead atoms. The topological polar surface area (TPSA) is 122 Å². The number of nitrogens with two attached hydrogens (primary N) is 1. The van der Waals surface area contributed by atoms with Gasteiger partial charge < -0.3 is 15.2 Å². The molecule has 0 fully saturated rings. The summed E-state index contributed by atoms with van der Waals surface area (Å²) in [7, 11) is 0. The van der Waals surface area contributed by atoms with Crippen LogP contribution in [0.25, 0.3) is 0 Å². The molecule has 30 heavy (non-hydrogen) atoms. The number of non-ortho nitro benzene ring substituents is 1. The fourth-order valence-corrected chi connectivity index (χ4v) is 2.15. The second kappa shape index (κ2) is 13.7. The van der Waals surface area contributed by atoms with Crippen molar-refractivity contribution in [2.24, 2.45) is 0 Å². The summed E-state index contributed by atoms with van der Waals surface area (Å²) >= 11 is 0. The third-order valence-corrected chi connectivity index (χ3v) is 4.02. The number of Topliss-reactive ketones (excluding diaryl/α,β-unsaturated/α-hetero) is 2. The average Bonchev–Trinajstić information content (AvgIpc) is 2.75. The van der Waals surface area contributed by atoms with Crippen LogP contribution in [-0.2, 0) is 9.59 Å². The molecule has 2 aromatic carbocycles. The van der Waals surface area contributed by atoms with E-state index in [0.29, 0.717) is 50.3 Å². The van der Waals surface area contributed by atoms with Gasteiger partial charge in [0, 0.05) is 43.5 Å². The van der Waals surface area contributed by atoms with Crippen LogP contribution in [0.3, 0.4) is 0 Å². The summed E-state index contributed by atoms with van der Waals surface area (Å²) in [5.74, 6) is 1.65. The van der Waals surface area contributed by atoms with E-state index in [2.05, 4.69) is 0 Å². The number of nitro benzene ring substituents is 1. The van der Waals surface area contributed by atoms with Crippen molar-refractivity contribution in [1.82, 2.24) is 0 Å². The minimum Gasteiger partial charge on any atom is -0.493 e. The van der Waals surface area contributed by atoms with Crippen LogP contribution in [0.15, 0.2) is 48.5 Å². The first-order valence-corrected chi connectivity index (χ1v) is 9.74. The highest BCUT2D eigenvalue weighted by molar-refractivity contribution is 5.78. The third kappa shape index (κ3) is 10.2. The molecule has 0 heterocycles. The number of hydrogen-bond acceptors (Lipinski definition) is 7. The van der Waals surface area contributed by atoms with Crippen LogP contribution in [0.5, 0.6) is 11.5 Å². The number of hydrogen-bond donors (Lipinski definition) is 1. The average molecular weight is 416 g/mol. The second-order valence-electron chi connectivity index (χ2n) is 6.30. The summed E-state index contributed by atoms with van der Waals surface area (Å²) in [6.45, 7) is 4.40. The number of carbonyl (C=O) groups excluding carboxylic acids is 2. The van der Waals surface area contributed by atoms with E-state index < -0.39 is 4.92 Å². The number of carbonyl (C=O) groups is 2. The first kappa shape index (κ1) is 24.6. The van der Waals surface area contributed by atoms with Crippen molar-refractivity contribution in [3.05, 3.63) is 58.6 Å². The summed E-state index contributed by atoms with van der Waals surface area (Å²) in [6.07, 6.45) is 1.92. The lowest BCUT2D eigenvalue weighted by Gasteiger charge is -2.04. The Morgan fingerprint density at radius 2 is 1.23 bits per heavy atom. The van der Waals surface area contributed by atoms with E-state index in [0.717, 1.165) is 5.75 Å². The zero-order valence-corrected chi connectivity index (χ0v) is 17.3. The molecule has 0 saturated carbocycles. The SMILES string of the molecule is CCC(=O)CCOc1ccc(N)cc1.CCC(=O)CCOc1ccc([N+](=O)[O-])cc1. The van der Waals surface area contributed by atoms with Gasteiger partial charge in [-0.3, -0.25) is 19.7 Å². The van der Waals surface area contributed by atoms with Gasteiger partial charge in [0.2, 0.25) is 0 Å². The summed E-state index contributed by atoms with van der Waals surface area (Å²) in [6, 6.07) is 12.9. The minimum absolute atomic E-state index is 0.0250. The van der Waals surface area contributed by atoms with Crippen molar-refractivity contribution in [3.63, 3.8) is 0 Å². The molecular weight excluding hydrogens is 388 g/mol.